The van der Waals surface area contributed by atoms with Gasteiger partial charge in [0.1, 0.15) is 0 Å². The molecule has 2 rings (SSSR count). The van der Waals surface area contributed by atoms with Crippen molar-refractivity contribution >= 4 is 39.4 Å². The topological polar surface area (TPSA) is 24.4 Å². The molecule has 2 nitrogen and oxygen atoms in total. The minimum Gasteiger partial charge on any atom is -0.279 e. The zero-order valence-electron chi connectivity index (χ0n) is 8.90. The van der Waals surface area contributed by atoms with Crippen LogP contribution in [-0.4, -0.2) is 6.21 Å². The third-order valence-electron chi connectivity index (χ3n) is 2.13. The zero-order valence-corrected chi connectivity index (χ0v) is 11.2. The van der Waals surface area contributed by atoms with E-state index in [0.29, 0.717) is 5.02 Å². The Morgan fingerprint density at radius 2 is 1.88 bits per heavy atom. The van der Waals surface area contributed by atoms with Gasteiger partial charge in [0.15, 0.2) is 0 Å². The molecular formula is C13H10BrClN2. The predicted molar refractivity (Wildman–Crippen MR) is 76.8 cm³/mol. The minimum absolute atomic E-state index is 0.699. The third-order valence-corrected chi connectivity index (χ3v) is 3.06. The second-order valence-corrected chi connectivity index (χ2v) is 4.69. The molecule has 2 aromatic carbocycles. The van der Waals surface area contributed by atoms with Gasteiger partial charge in [-0.3, -0.25) is 5.43 Å². The molecule has 17 heavy (non-hydrogen) atoms. The molecule has 0 saturated heterocycles. The Hall–Kier alpha value is -1.32. The quantitative estimate of drug-likeness (QED) is 0.653. The molecule has 1 N–H and O–H groups in total. The van der Waals surface area contributed by atoms with Crippen LogP contribution < -0.4 is 5.43 Å². The molecule has 0 unspecified atom stereocenters. The molecular weight excluding hydrogens is 300 g/mol. The van der Waals surface area contributed by atoms with Gasteiger partial charge >= 0.3 is 0 Å². The van der Waals surface area contributed by atoms with Crippen LogP contribution in [0.1, 0.15) is 5.56 Å². The Morgan fingerprint density at radius 1 is 1.12 bits per heavy atom. The van der Waals surface area contributed by atoms with Crippen LogP contribution in [0.2, 0.25) is 5.02 Å². The average molecular weight is 310 g/mol. The molecule has 0 atom stereocenters. The predicted octanol–water partition coefficient (Wildman–Crippen LogP) is 4.55. The van der Waals surface area contributed by atoms with Crippen LogP contribution in [0, 0.1) is 0 Å². The molecule has 0 aliphatic heterocycles. The van der Waals surface area contributed by atoms with E-state index in [1.807, 2.05) is 48.5 Å². The molecule has 0 spiro atoms. The van der Waals surface area contributed by atoms with Crippen molar-refractivity contribution in [1.29, 1.82) is 0 Å². The summed E-state index contributed by atoms with van der Waals surface area (Å²) < 4.78 is 0.920. The molecule has 86 valence electrons. The van der Waals surface area contributed by atoms with E-state index in [9.17, 15) is 0 Å². The Labute approximate surface area is 113 Å². The number of rotatable bonds is 3. The second-order valence-electron chi connectivity index (χ2n) is 3.40. The maximum absolute atomic E-state index is 5.86. The van der Waals surface area contributed by atoms with Gasteiger partial charge in [0.2, 0.25) is 0 Å². The van der Waals surface area contributed by atoms with E-state index in [4.69, 9.17) is 11.6 Å². The molecule has 4 heteroatoms. The van der Waals surface area contributed by atoms with Crippen molar-refractivity contribution in [2.24, 2.45) is 5.10 Å². The summed E-state index contributed by atoms with van der Waals surface area (Å²) in [6.45, 7) is 0. The molecule has 0 aliphatic rings. The van der Waals surface area contributed by atoms with Gasteiger partial charge in [-0.05, 0) is 24.3 Å². The van der Waals surface area contributed by atoms with Crippen molar-refractivity contribution in [2.75, 3.05) is 5.43 Å². The van der Waals surface area contributed by atoms with E-state index in [1.54, 1.807) is 6.21 Å². The molecule has 0 saturated carbocycles. The highest BCUT2D eigenvalue weighted by Gasteiger charge is 1.97. The van der Waals surface area contributed by atoms with Crippen LogP contribution in [0.15, 0.2) is 58.1 Å². The summed E-state index contributed by atoms with van der Waals surface area (Å²) in [6.07, 6.45) is 1.74. The van der Waals surface area contributed by atoms with Gasteiger partial charge in [0, 0.05) is 15.1 Å². The number of nitrogens with one attached hydrogen (secondary N) is 1. The van der Waals surface area contributed by atoms with Gasteiger partial charge in [0.05, 0.1) is 11.9 Å². The SMILES string of the molecule is Clc1ccc(C=NNc2ccccc2)c(Br)c1. The number of nitrogens with zero attached hydrogens (tertiary/aromatic N) is 1. The summed E-state index contributed by atoms with van der Waals surface area (Å²) in [6, 6.07) is 15.4. The molecule has 0 bridgehead atoms. The van der Waals surface area contributed by atoms with E-state index in [2.05, 4.69) is 26.5 Å². The van der Waals surface area contributed by atoms with Crippen molar-refractivity contribution in [2.45, 2.75) is 0 Å². The fourth-order valence-electron chi connectivity index (χ4n) is 1.30. The standard InChI is InChI=1S/C13H10BrClN2/c14-13-8-11(15)7-6-10(13)9-16-17-12-4-2-1-3-5-12/h1-9,17H. The van der Waals surface area contributed by atoms with Crippen molar-refractivity contribution in [3.63, 3.8) is 0 Å². The zero-order chi connectivity index (χ0) is 12.1. The van der Waals surface area contributed by atoms with Gasteiger partial charge in [-0.25, -0.2) is 0 Å². The third kappa shape index (κ3) is 3.58. The van der Waals surface area contributed by atoms with Crippen molar-refractivity contribution in [3.8, 4) is 0 Å². The lowest BCUT2D eigenvalue weighted by molar-refractivity contribution is 1.35. The fraction of sp³-hybridized carbons (Fsp3) is 0. The summed E-state index contributed by atoms with van der Waals surface area (Å²) in [7, 11) is 0. The first-order valence-electron chi connectivity index (χ1n) is 5.05. The van der Waals surface area contributed by atoms with Crippen LogP contribution in [0.25, 0.3) is 0 Å². The molecule has 0 amide bonds. The first-order chi connectivity index (χ1) is 8.25. The summed E-state index contributed by atoms with van der Waals surface area (Å²) in [4.78, 5) is 0. The van der Waals surface area contributed by atoms with E-state index in [1.165, 1.54) is 0 Å². The Kier molecular flexibility index (Phi) is 4.18. The van der Waals surface area contributed by atoms with Crippen LogP contribution in [0.4, 0.5) is 5.69 Å². The maximum Gasteiger partial charge on any atom is 0.0561 e. The van der Waals surface area contributed by atoms with Gasteiger partial charge in [-0.2, -0.15) is 5.10 Å². The number of para-hydroxylation sites is 1. The highest BCUT2D eigenvalue weighted by Crippen LogP contribution is 2.20. The van der Waals surface area contributed by atoms with Crippen molar-refractivity contribution < 1.29 is 0 Å². The summed E-state index contributed by atoms with van der Waals surface area (Å²) in [5.74, 6) is 0. The lowest BCUT2D eigenvalue weighted by Gasteiger charge is -2.00. The molecule has 0 aliphatic carbocycles. The first kappa shape index (κ1) is 12.1. The van der Waals surface area contributed by atoms with Crippen LogP contribution >= 0.6 is 27.5 Å². The minimum atomic E-state index is 0.699. The maximum atomic E-state index is 5.86. The van der Waals surface area contributed by atoms with Gasteiger partial charge in [-0.1, -0.05) is 51.8 Å². The molecule has 0 aromatic heterocycles. The number of anilines is 1. The summed E-state index contributed by atoms with van der Waals surface area (Å²) in [5, 5.41) is 4.85. The van der Waals surface area contributed by atoms with Crippen LogP contribution in [0.5, 0.6) is 0 Å². The smallest absolute Gasteiger partial charge is 0.0561 e. The summed E-state index contributed by atoms with van der Waals surface area (Å²) in [5.41, 5.74) is 4.87. The number of halogens is 2. The normalized spacial score (nSPS) is 10.7. The van der Waals surface area contributed by atoms with E-state index in [-0.39, 0.29) is 0 Å². The van der Waals surface area contributed by atoms with E-state index < -0.39 is 0 Å². The fourth-order valence-corrected chi connectivity index (χ4v) is 2.08. The lowest BCUT2D eigenvalue weighted by Crippen LogP contribution is -1.90. The Balaban J connectivity index is 2.06. The van der Waals surface area contributed by atoms with E-state index in [0.717, 1.165) is 15.7 Å². The number of hydrogen-bond acceptors (Lipinski definition) is 2. The van der Waals surface area contributed by atoms with Gasteiger partial charge in [-0.15, -0.1) is 0 Å². The molecule has 0 fully saturated rings. The number of hydrazone groups is 1. The largest absolute Gasteiger partial charge is 0.279 e. The van der Waals surface area contributed by atoms with Crippen LogP contribution in [0.3, 0.4) is 0 Å². The molecule has 0 heterocycles. The van der Waals surface area contributed by atoms with E-state index >= 15 is 0 Å². The summed E-state index contributed by atoms with van der Waals surface area (Å²) >= 11 is 9.29. The monoisotopic (exact) mass is 308 g/mol. The van der Waals surface area contributed by atoms with Crippen molar-refractivity contribution in [3.05, 3.63) is 63.6 Å². The highest BCUT2D eigenvalue weighted by molar-refractivity contribution is 9.10. The lowest BCUT2D eigenvalue weighted by atomic mass is 10.2. The first-order valence-corrected chi connectivity index (χ1v) is 6.22. The van der Waals surface area contributed by atoms with Gasteiger partial charge < -0.3 is 0 Å². The number of benzene rings is 2. The highest BCUT2D eigenvalue weighted by atomic mass is 79.9. The molecule has 2 aromatic rings. The van der Waals surface area contributed by atoms with Crippen molar-refractivity contribution in [1.82, 2.24) is 0 Å². The number of hydrogen-bond donors (Lipinski definition) is 1. The molecule has 0 radical (unpaired) electrons. The Morgan fingerprint density at radius 3 is 2.59 bits per heavy atom. The average Bonchev–Trinajstić information content (AvgIpc) is 2.33. The Bertz CT molecular complexity index is 526. The second kappa shape index (κ2) is 5.84. The van der Waals surface area contributed by atoms with Crippen LogP contribution in [-0.2, 0) is 0 Å². The van der Waals surface area contributed by atoms with Gasteiger partial charge in [0.25, 0.3) is 0 Å².